The van der Waals surface area contributed by atoms with Gasteiger partial charge in [-0.15, -0.1) is 0 Å². The predicted octanol–water partition coefficient (Wildman–Crippen LogP) is -0.705. The molecule has 1 atom stereocenters. The topological polar surface area (TPSA) is 86.8 Å². The molecule has 2 fully saturated rings. The summed E-state index contributed by atoms with van der Waals surface area (Å²) in [5, 5.41) is 2.80. The average molecular weight is 303 g/mol. The van der Waals surface area contributed by atoms with E-state index in [0.717, 1.165) is 0 Å². The highest BCUT2D eigenvalue weighted by atomic mass is 32.2. The van der Waals surface area contributed by atoms with Gasteiger partial charge in [-0.2, -0.15) is 0 Å². The van der Waals surface area contributed by atoms with Crippen LogP contribution in [-0.2, 0) is 14.6 Å². The molecule has 1 unspecified atom stereocenters. The molecule has 114 valence electrons. The number of carbonyl (C=O) groups excluding carboxylic acids is 2. The van der Waals surface area contributed by atoms with Gasteiger partial charge in [0.1, 0.15) is 0 Å². The maximum absolute atomic E-state index is 12.0. The van der Waals surface area contributed by atoms with Crippen LogP contribution >= 0.6 is 0 Å². The monoisotopic (exact) mass is 303 g/mol. The molecule has 2 aliphatic rings. The molecular weight excluding hydrogens is 282 g/mol. The Kier molecular flexibility index (Phi) is 4.52. The molecule has 0 aliphatic carbocycles. The molecular formula is C12H21N3O4S. The van der Waals surface area contributed by atoms with E-state index in [2.05, 4.69) is 5.32 Å². The van der Waals surface area contributed by atoms with Crippen molar-refractivity contribution in [2.45, 2.75) is 13.3 Å². The molecule has 7 nitrogen and oxygen atoms in total. The fourth-order valence-electron chi connectivity index (χ4n) is 2.60. The first kappa shape index (κ1) is 15.1. The van der Waals surface area contributed by atoms with E-state index in [1.165, 1.54) is 6.92 Å². The quantitative estimate of drug-likeness (QED) is 0.730. The Morgan fingerprint density at radius 2 is 1.75 bits per heavy atom. The largest absolute Gasteiger partial charge is 0.339 e. The number of hydrogen-bond acceptors (Lipinski definition) is 4. The maximum atomic E-state index is 12.0. The lowest BCUT2D eigenvalue weighted by Gasteiger charge is -2.34. The van der Waals surface area contributed by atoms with Crippen molar-refractivity contribution in [3.63, 3.8) is 0 Å². The number of piperazine rings is 1. The third kappa shape index (κ3) is 3.84. The first-order valence-corrected chi connectivity index (χ1v) is 8.68. The summed E-state index contributed by atoms with van der Waals surface area (Å²) in [6, 6.07) is -0.169. The van der Waals surface area contributed by atoms with Crippen LogP contribution in [0.2, 0.25) is 0 Å². The highest BCUT2D eigenvalue weighted by Gasteiger charge is 2.29. The normalized spacial score (nSPS) is 25.6. The summed E-state index contributed by atoms with van der Waals surface area (Å²) >= 11 is 0. The van der Waals surface area contributed by atoms with Gasteiger partial charge in [-0.1, -0.05) is 0 Å². The maximum Gasteiger partial charge on any atom is 0.317 e. The molecule has 20 heavy (non-hydrogen) atoms. The molecule has 1 N–H and O–H groups in total. The first-order chi connectivity index (χ1) is 9.37. The molecule has 0 aromatic heterocycles. The van der Waals surface area contributed by atoms with Crippen molar-refractivity contribution >= 4 is 21.8 Å². The Morgan fingerprint density at radius 1 is 1.15 bits per heavy atom. The SMILES string of the molecule is CC(=O)N1CCN(C(=O)NCC2CCS(=O)(=O)C2)CC1. The molecule has 8 heteroatoms. The van der Waals surface area contributed by atoms with E-state index in [4.69, 9.17) is 0 Å². The molecule has 2 heterocycles. The second-order valence-electron chi connectivity index (χ2n) is 5.45. The Hall–Kier alpha value is -1.31. The Balaban J connectivity index is 1.72. The van der Waals surface area contributed by atoms with Crippen LogP contribution in [0.15, 0.2) is 0 Å². The van der Waals surface area contributed by atoms with E-state index in [9.17, 15) is 18.0 Å². The van der Waals surface area contributed by atoms with Gasteiger partial charge in [0, 0.05) is 39.6 Å². The van der Waals surface area contributed by atoms with Gasteiger partial charge in [-0.3, -0.25) is 4.79 Å². The van der Waals surface area contributed by atoms with Crippen LogP contribution in [0.1, 0.15) is 13.3 Å². The van der Waals surface area contributed by atoms with Gasteiger partial charge in [0.25, 0.3) is 0 Å². The number of hydrogen-bond donors (Lipinski definition) is 1. The lowest BCUT2D eigenvalue weighted by atomic mass is 10.1. The minimum absolute atomic E-state index is 0.0289. The van der Waals surface area contributed by atoms with E-state index in [-0.39, 0.29) is 29.4 Å². The fraction of sp³-hybridized carbons (Fsp3) is 0.833. The minimum atomic E-state index is -2.89. The predicted molar refractivity (Wildman–Crippen MR) is 74.0 cm³/mol. The summed E-state index contributed by atoms with van der Waals surface area (Å²) < 4.78 is 22.7. The number of nitrogens with zero attached hydrogens (tertiary/aromatic N) is 2. The summed E-state index contributed by atoms with van der Waals surface area (Å²) in [5.74, 6) is 0.458. The summed E-state index contributed by atoms with van der Waals surface area (Å²) in [7, 11) is -2.89. The number of amides is 3. The average Bonchev–Trinajstić information content (AvgIpc) is 2.75. The van der Waals surface area contributed by atoms with Gasteiger partial charge in [0.15, 0.2) is 9.84 Å². The Bertz CT molecular complexity index is 483. The standard InChI is InChI=1S/C12H21N3O4S/c1-10(16)14-3-5-15(6-4-14)12(17)13-8-11-2-7-20(18,19)9-11/h11H,2-9H2,1H3,(H,13,17). The van der Waals surface area contributed by atoms with Gasteiger partial charge in [-0.05, 0) is 12.3 Å². The van der Waals surface area contributed by atoms with Crippen molar-refractivity contribution in [1.29, 1.82) is 0 Å². The van der Waals surface area contributed by atoms with Crippen LogP contribution in [-0.4, -0.2) is 74.4 Å². The Labute approximate surface area is 119 Å². The van der Waals surface area contributed by atoms with Gasteiger partial charge in [0.05, 0.1) is 11.5 Å². The summed E-state index contributed by atoms with van der Waals surface area (Å²) in [6.45, 7) is 4.09. The second kappa shape index (κ2) is 5.99. The van der Waals surface area contributed by atoms with E-state index in [1.54, 1.807) is 9.80 Å². The molecule has 0 bridgehead atoms. The zero-order chi connectivity index (χ0) is 14.8. The van der Waals surface area contributed by atoms with Crippen molar-refractivity contribution in [2.24, 2.45) is 5.92 Å². The van der Waals surface area contributed by atoms with Crippen molar-refractivity contribution in [1.82, 2.24) is 15.1 Å². The zero-order valence-electron chi connectivity index (χ0n) is 11.7. The van der Waals surface area contributed by atoms with Gasteiger partial charge < -0.3 is 15.1 Å². The zero-order valence-corrected chi connectivity index (χ0v) is 12.5. The second-order valence-corrected chi connectivity index (χ2v) is 7.68. The lowest BCUT2D eigenvalue weighted by molar-refractivity contribution is -0.130. The van der Waals surface area contributed by atoms with E-state index < -0.39 is 9.84 Å². The molecule has 0 aromatic rings. The fourth-order valence-corrected chi connectivity index (χ4v) is 4.46. The molecule has 2 rings (SSSR count). The first-order valence-electron chi connectivity index (χ1n) is 6.86. The van der Waals surface area contributed by atoms with Crippen LogP contribution < -0.4 is 5.32 Å². The number of sulfone groups is 1. The van der Waals surface area contributed by atoms with Crippen LogP contribution in [0.4, 0.5) is 4.79 Å². The minimum Gasteiger partial charge on any atom is -0.339 e. The van der Waals surface area contributed by atoms with Crippen LogP contribution in [0.25, 0.3) is 0 Å². The number of rotatable bonds is 2. The number of carbonyl (C=O) groups is 2. The summed E-state index contributed by atoms with van der Waals surface area (Å²) in [4.78, 5) is 26.5. The molecule has 0 saturated carbocycles. The van der Waals surface area contributed by atoms with Gasteiger partial charge >= 0.3 is 6.03 Å². The third-order valence-corrected chi connectivity index (χ3v) is 5.72. The summed E-state index contributed by atoms with van der Waals surface area (Å²) in [5.41, 5.74) is 0. The summed E-state index contributed by atoms with van der Waals surface area (Å²) in [6.07, 6.45) is 0.626. The van der Waals surface area contributed by atoms with Crippen molar-refractivity contribution < 1.29 is 18.0 Å². The van der Waals surface area contributed by atoms with E-state index in [1.807, 2.05) is 0 Å². The van der Waals surface area contributed by atoms with Crippen molar-refractivity contribution in [3.05, 3.63) is 0 Å². The molecule has 0 radical (unpaired) electrons. The molecule has 0 aromatic carbocycles. The smallest absolute Gasteiger partial charge is 0.317 e. The highest BCUT2D eigenvalue weighted by molar-refractivity contribution is 7.91. The molecule has 3 amide bonds. The van der Waals surface area contributed by atoms with Crippen LogP contribution in [0.3, 0.4) is 0 Å². The Morgan fingerprint density at radius 3 is 2.25 bits per heavy atom. The lowest BCUT2D eigenvalue weighted by Crippen LogP contribution is -2.53. The van der Waals surface area contributed by atoms with E-state index >= 15 is 0 Å². The number of nitrogens with one attached hydrogen (secondary N) is 1. The molecule has 2 aliphatic heterocycles. The number of urea groups is 1. The van der Waals surface area contributed by atoms with Crippen LogP contribution in [0.5, 0.6) is 0 Å². The van der Waals surface area contributed by atoms with Crippen molar-refractivity contribution in [2.75, 3.05) is 44.2 Å². The third-order valence-electron chi connectivity index (χ3n) is 3.88. The van der Waals surface area contributed by atoms with Gasteiger partial charge in [0.2, 0.25) is 5.91 Å². The highest BCUT2D eigenvalue weighted by Crippen LogP contribution is 2.17. The van der Waals surface area contributed by atoms with E-state index in [0.29, 0.717) is 39.1 Å². The van der Waals surface area contributed by atoms with Crippen LogP contribution in [0, 0.1) is 5.92 Å². The van der Waals surface area contributed by atoms with Gasteiger partial charge in [-0.25, -0.2) is 13.2 Å². The molecule has 2 saturated heterocycles. The van der Waals surface area contributed by atoms with Crippen molar-refractivity contribution in [3.8, 4) is 0 Å². The molecule has 0 spiro atoms.